The normalized spacial score (nSPS) is 11.1. The number of anilines is 1. The molecule has 4 aromatic rings. The largest absolute Gasteiger partial charge is 0.437 e. The van der Waals surface area contributed by atoms with Gasteiger partial charge in [0.15, 0.2) is 0 Å². The summed E-state index contributed by atoms with van der Waals surface area (Å²) >= 11 is 0. The second-order valence-electron chi connectivity index (χ2n) is 7.01. The summed E-state index contributed by atoms with van der Waals surface area (Å²) < 4.78 is 6.22. The highest BCUT2D eigenvalue weighted by Crippen LogP contribution is 2.42. The van der Waals surface area contributed by atoms with Crippen molar-refractivity contribution >= 4 is 16.9 Å². The van der Waals surface area contributed by atoms with Crippen LogP contribution in [0.1, 0.15) is 25.7 Å². The quantitative estimate of drug-likeness (QED) is 0.370. The number of fused-ring (bicyclic) bond motifs is 1. The summed E-state index contributed by atoms with van der Waals surface area (Å²) in [6.07, 6.45) is 5.54. The minimum absolute atomic E-state index is 0.262. The number of furan rings is 1. The predicted octanol–water partition coefficient (Wildman–Crippen LogP) is 5.52. The molecule has 2 aromatic carbocycles. The van der Waals surface area contributed by atoms with E-state index in [2.05, 4.69) is 27.4 Å². The van der Waals surface area contributed by atoms with E-state index in [0.717, 1.165) is 65.9 Å². The zero-order valence-corrected chi connectivity index (χ0v) is 16.3. The van der Waals surface area contributed by atoms with Gasteiger partial charge in [0.2, 0.25) is 5.71 Å². The van der Waals surface area contributed by atoms with Crippen LogP contribution in [0.3, 0.4) is 0 Å². The second-order valence-corrected chi connectivity index (χ2v) is 7.01. The number of unbranched alkanes of at least 4 members (excludes halogenated alkanes) is 3. The fourth-order valence-electron chi connectivity index (χ4n) is 3.54. The van der Waals surface area contributed by atoms with Crippen molar-refractivity contribution in [2.24, 2.45) is 0 Å². The van der Waals surface area contributed by atoms with Crippen LogP contribution in [0.4, 0.5) is 5.82 Å². The molecule has 5 nitrogen and oxygen atoms in total. The molecule has 0 fully saturated rings. The number of aliphatic hydroxyl groups excluding tert-OH is 1. The highest BCUT2D eigenvalue weighted by atomic mass is 16.3. The van der Waals surface area contributed by atoms with Gasteiger partial charge in [-0.1, -0.05) is 73.5 Å². The van der Waals surface area contributed by atoms with Crippen LogP contribution in [0.15, 0.2) is 71.4 Å². The molecule has 0 atom stereocenters. The number of benzene rings is 2. The van der Waals surface area contributed by atoms with Crippen LogP contribution in [0.25, 0.3) is 33.6 Å². The molecule has 29 heavy (non-hydrogen) atoms. The lowest BCUT2D eigenvalue weighted by atomic mass is 9.99. The van der Waals surface area contributed by atoms with E-state index in [-0.39, 0.29) is 6.61 Å². The SMILES string of the molecule is OCCCCCCNc1ncnc2oc(-c3ccccc3)c(-c3ccccc3)c12. The van der Waals surface area contributed by atoms with E-state index >= 15 is 0 Å². The molecule has 2 N–H and O–H groups in total. The maximum Gasteiger partial charge on any atom is 0.232 e. The monoisotopic (exact) mass is 387 g/mol. The number of nitrogens with zero attached hydrogens (tertiary/aromatic N) is 2. The minimum atomic E-state index is 0.262. The minimum Gasteiger partial charge on any atom is -0.437 e. The molecule has 0 saturated carbocycles. The Hall–Kier alpha value is -3.18. The molecule has 0 radical (unpaired) electrons. The van der Waals surface area contributed by atoms with E-state index in [1.165, 1.54) is 0 Å². The van der Waals surface area contributed by atoms with E-state index in [0.29, 0.717) is 5.71 Å². The highest BCUT2D eigenvalue weighted by Gasteiger charge is 2.21. The lowest BCUT2D eigenvalue weighted by Gasteiger charge is -2.08. The van der Waals surface area contributed by atoms with Crippen molar-refractivity contribution in [2.75, 3.05) is 18.5 Å². The average Bonchev–Trinajstić information content (AvgIpc) is 3.18. The van der Waals surface area contributed by atoms with Gasteiger partial charge in [0, 0.05) is 24.3 Å². The Labute approximate surface area is 170 Å². The van der Waals surface area contributed by atoms with Crippen molar-refractivity contribution < 1.29 is 9.52 Å². The number of hydrogen-bond donors (Lipinski definition) is 2. The molecule has 0 aliphatic carbocycles. The molecule has 2 heterocycles. The van der Waals surface area contributed by atoms with Crippen molar-refractivity contribution in [3.63, 3.8) is 0 Å². The molecule has 0 spiro atoms. The molecule has 5 heteroatoms. The van der Waals surface area contributed by atoms with E-state index in [1.807, 2.05) is 48.5 Å². The first kappa shape index (κ1) is 19.2. The molecule has 0 aliphatic heterocycles. The Morgan fingerprint density at radius 3 is 2.21 bits per heavy atom. The van der Waals surface area contributed by atoms with Crippen molar-refractivity contribution in [1.29, 1.82) is 0 Å². The van der Waals surface area contributed by atoms with Gasteiger partial charge in [0.1, 0.15) is 17.9 Å². The van der Waals surface area contributed by atoms with Crippen LogP contribution in [-0.2, 0) is 0 Å². The van der Waals surface area contributed by atoms with Gasteiger partial charge in [-0.15, -0.1) is 0 Å². The van der Waals surface area contributed by atoms with Gasteiger partial charge in [0.05, 0.1) is 5.39 Å². The summed E-state index contributed by atoms with van der Waals surface area (Å²) in [4.78, 5) is 8.91. The van der Waals surface area contributed by atoms with E-state index in [4.69, 9.17) is 9.52 Å². The maximum atomic E-state index is 8.91. The van der Waals surface area contributed by atoms with Crippen LogP contribution >= 0.6 is 0 Å². The van der Waals surface area contributed by atoms with Crippen LogP contribution in [0.5, 0.6) is 0 Å². The Bertz CT molecular complexity index is 1050. The first-order chi connectivity index (χ1) is 14.4. The lowest BCUT2D eigenvalue weighted by Crippen LogP contribution is -2.04. The summed E-state index contributed by atoms with van der Waals surface area (Å²) in [5, 5.41) is 13.3. The fraction of sp³-hybridized carbons (Fsp3) is 0.250. The summed E-state index contributed by atoms with van der Waals surface area (Å²) in [5.41, 5.74) is 3.68. The van der Waals surface area contributed by atoms with Gasteiger partial charge in [-0.05, 0) is 18.4 Å². The van der Waals surface area contributed by atoms with Crippen molar-refractivity contribution in [3.05, 3.63) is 67.0 Å². The van der Waals surface area contributed by atoms with E-state index in [9.17, 15) is 0 Å². The van der Waals surface area contributed by atoms with Gasteiger partial charge in [-0.2, -0.15) is 0 Å². The predicted molar refractivity (Wildman–Crippen MR) is 117 cm³/mol. The first-order valence-corrected chi connectivity index (χ1v) is 10.1. The topological polar surface area (TPSA) is 71.2 Å². The number of aliphatic hydroxyl groups is 1. The summed E-state index contributed by atoms with van der Waals surface area (Å²) in [5.74, 6) is 1.60. The number of aromatic nitrogens is 2. The van der Waals surface area contributed by atoms with Crippen LogP contribution in [0.2, 0.25) is 0 Å². The summed E-state index contributed by atoms with van der Waals surface area (Å²) in [6, 6.07) is 20.3. The molecule has 0 saturated heterocycles. The summed E-state index contributed by atoms with van der Waals surface area (Å²) in [7, 11) is 0. The molecular formula is C24H25N3O2. The third-order valence-electron chi connectivity index (χ3n) is 4.96. The zero-order chi connectivity index (χ0) is 19.9. The van der Waals surface area contributed by atoms with Crippen LogP contribution < -0.4 is 5.32 Å². The lowest BCUT2D eigenvalue weighted by molar-refractivity contribution is 0.283. The molecule has 0 unspecified atom stereocenters. The average molecular weight is 387 g/mol. The second kappa shape index (κ2) is 9.34. The van der Waals surface area contributed by atoms with Crippen molar-refractivity contribution in [1.82, 2.24) is 9.97 Å². The highest BCUT2D eigenvalue weighted by molar-refractivity contribution is 6.05. The standard InChI is InChI=1S/C24H25N3O2/c28-16-10-2-1-9-15-25-23-21-20(18-11-5-3-6-12-18)22(19-13-7-4-8-14-19)29-24(21)27-17-26-23/h3-8,11-14,17,28H,1-2,9-10,15-16H2,(H,25,26,27). The third kappa shape index (κ3) is 4.30. The van der Waals surface area contributed by atoms with E-state index in [1.54, 1.807) is 6.33 Å². The van der Waals surface area contributed by atoms with Gasteiger partial charge >= 0.3 is 0 Å². The van der Waals surface area contributed by atoms with Crippen molar-refractivity contribution in [2.45, 2.75) is 25.7 Å². The fourth-order valence-corrected chi connectivity index (χ4v) is 3.54. The Morgan fingerprint density at radius 2 is 1.48 bits per heavy atom. The molecule has 2 aromatic heterocycles. The molecule has 0 bridgehead atoms. The number of nitrogens with one attached hydrogen (secondary N) is 1. The van der Waals surface area contributed by atoms with Crippen LogP contribution in [-0.4, -0.2) is 28.2 Å². The Morgan fingerprint density at radius 1 is 0.793 bits per heavy atom. The smallest absolute Gasteiger partial charge is 0.232 e. The Kier molecular flexibility index (Phi) is 6.17. The molecular weight excluding hydrogens is 362 g/mol. The zero-order valence-electron chi connectivity index (χ0n) is 16.3. The van der Waals surface area contributed by atoms with Crippen LogP contribution in [0, 0.1) is 0 Å². The van der Waals surface area contributed by atoms with E-state index < -0.39 is 0 Å². The Balaban J connectivity index is 1.73. The molecule has 0 aliphatic rings. The maximum absolute atomic E-state index is 8.91. The van der Waals surface area contributed by atoms with Gasteiger partial charge in [0.25, 0.3) is 0 Å². The third-order valence-corrected chi connectivity index (χ3v) is 4.96. The number of rotatable bonds is 9. The summed E-state index contributed by atoms with van der Waals surface area (Å²) in [6.45, 7) is 1.08. The van der Waals surface area contributed by atoms with Gasteiger partial charge in [-0.25, -0.2) is 9.97 Å². The van der Waals surface area contributed by atoms with Gasteiger partial charge in [-0.3, -0.25) is 0 Å². The molecule has 148 valence electrons. The molecule has 0 amide bonds. The first-order valence-electron chi connectivity index (χ1n) is 10.1. The molecule has 4 rings (SSSR count). The number of hydrogen-bond acceptors (Lipinski definition) is 5. The van der Waals surface area contributed by atoms with Crippen molar-refractivity contribution in [3.8, 4) is 22.5 Å². The van der Waals surface area contributed by atoms with Gasteiger partial charge < -0.3 is 14.8 Å².